The Hall–Kier alpha value is -2.78. The third-order valence-electron chi connectivity index (χ3n) is 4.41. The number of nitrogens with one attached hydrogen (secondary N) is 2. The zero-order chi connectivity index (χ0) is 21.5. The topological polar surface area (TPSA) is 96.2 Å². The molecule has 3 rings (SSSR count). The number of thioether (sulfide) groups is 1. The lowest BCUT2D eigenvalue weighted by molar-refractivity contribution is 0.344. The van der Waals surface area contributed by atoms with E-state index in [0.717, 1.165) is 35.1 Å². The Morgan fingerprint density at radius 1 is 1.23 bits per heavy atom. The second-order valence-corrected chi connectivity index (χ2v) is 8.44. The summed E-state index contributed by atoms with van der Waals surface area (Å²) in [7, 11) is 5.71. The van der Waals surface area contributed by atoms with Gasteiger partial charge in [-0.2, -0.15) is 11.8 Å². The Labute approximate surface area is 179 Å². The molecule has 0 atom stereocenters. The number of hydrogen-bond acceptors (Lipinski definition) is 7. The van der Waals surface area contributed by atoms with E-state index in [2.05, 4.69) is 20.2 Å². The van der Waals surface area contributed by atoms with Gasteiger partial charge in [-0.05, 0) is 37.9 Å². The summed E-state index contributed by atoms with van der Waals surface area (Å²) >= 11 is 1.75. The molecule has 3 heterocycles. The molecule has 0 spiro atoms. The fraction of sp³-hybridized carbons (Fsp3) is 0.381. The van der Waals surface area contributed by atoms with Gasteiger partial charge in [-0.1, -0.05) is 0 Å². The SMILES string of the molecule is CN(C)Cc1ccc(CSCCNc2ncc(Cc3ccn(C)c(=O)c3)c(=O)[nH]2)o1. The molecule has 0 saturated heterocycles. The summed E-state index contributed by atoms with van der Waals surface area (Å²) in [6, 6.07) is 7.38. The lowest BCUT2D eigenvalue weighted by atomic mass is 10.1. The van der Waals surface area contributed by atoms with Gasteiger partial charge in [0, 0.05) is 49.8 Å². The molecule has 0 aromatic carbocycles. The smallest absolute Gasteiger partial charge is 0.255 e. The van der Waals surface area contributed by atoms with Crippen molar-refractivity contribution in [1.82, 2.24) is 19.4 Å². The standard InChI is InChI=1S/C21H27N5O3S/c1-25(2)13-17-4-5-18(29-17)14-30-9-7-22-21-23-12-16(20(28)24-21)10-15-6-8-26(3)19(27)11-15/h4-6,8,11-12H,7,9-10,13-14H2,1-3H3,(H2,22,23,24,28). The van der Waals surface area contributed by atoms with E-state index in [1.165, 1.54) is 10.6 Å². The predicted octanol–water partition coefficient (Wildman–Crippen LogP) is 2.06. The van der Waals surface area contributed by atoms with Gasteiger partial charge in [-0.3, -0.25) is 14.6 Å². The Balaban J connectivity index is 1.44. The normalized spacial score (nSPS) is 11.2. The monoisotopic (exact) mass is 429 g/mol. The maximum atomic E-state index is 12.3. The van der Waals surface area contributed by atoms with Crippen LogP contribution in [0.25, 0.3) is 0 Å². The largest absolute Gasteiger partial charge is 0.464 e. The summed E-state index contributed by atoms with van der Waals surface area (Å²) in [6.45, 7) is 1.47. The van der Waals surface area contributed by atoms with Gasteiger partial charge < -0.3 is 19.2 Å². The number of hydrogen-bond donors (Lipinski definition) is 2. The van der Waals surface area contributed by atoms with Crippen LogP contribution in [-0.2, 0) is 25.8 Å². The minimum atomic E-state index is -0.204. The van der Waals surface area contributed by atoms with Gasteiger partial charge in [0.15, 0.2) is 0 Å². The van der Waals surface area contributed by atoms with Crippen molar-refractivity contribution in [2.24, 2.45) is 7.05 Å². The van der Waals surface area contributed by atoms with E-state index >= 15 is 0 Å². The van der Waals surface area contributed by atoms with E-state index < -0.39 is 0 Å². The zero-order valence-corrected chi connectivity index (χ0v) is 18.3. The number of aromatic nitrogens is 3. The van der Waals surface area contributed by atoms with E-state index in [-0.39, 0.29) is 11.1 Å². The van der Waals surface area contributed by atoms with Crippen molar-refractivity contribution in [1.29, 1.82) is 0 Å². The quantitative estimate of drug-likeness (QED) is 0.476. The first-order valence-corrected chi connectivity index (χ1v) is 10.8. The molecular weight excluding hydrogens is 402 g/mol. The molecule has 8 nitrogen and oxygen atoms in total. The average Bonchev–Trinajstić information content (AvgIpc) is 3.13. The molecule has 0 aliphatic rings. The van der Waals surface area contributed by atoms with Gasteiger partial charge in [0.1, 0.15) is 11.5 Å². The lowest BCUT2D eigenvalue weighted by Crippen LogP contribution is -2.19. The number of furan rings is 1. The van der Waals surface area contributed by atoms with Crippen LogP contribution >= 0.6 is 11.8 Å². The van der Waals surface area contributed by atoms with Crippen LogP contribution in [0.4, 0.5) is 5.95 Å². The molecule has 2 N–H and O–H groups in total. The van der Waals surface area contributed by atoms with Crippen molar-refractivity contribution in [3.63, 3.8) is 0 Å². The van der Waals surface area contributed by atoms with Crippen LogP contribution in [0.1, 0.15) is 22.6 Å². The van der Waals surface area contributed by atoms with E-state index in [0.29, 0.717) is 24.5 Å². The summed E-state index contributed by atoms with van der Waals surface area (Å²) in [5.74, 6) is 4.02. The van der Waals surface area contributed by atoms with Crippen LogP contribution in [0.2, 0.25) is 0 Å². The highest BCUT2D eigenvalue weighted by molar-refractivity contribution is 7.98. The van der Waals surface area contributed by atoms with Crippen LogP contribution in [0.5, 0.6) is 0 Å². The number of aromatic amines is 1. The summed E-state index contributed by atoms with van der Waals surface area (Å²) in [5.41, 5.74) is 1.00. The van der Waals surface area contributed by atoms with Crippen molar-refractivity contribution in [3.8, 4) is 0 Å². The minimum Gasteiger partial charge on any atom is -0.464 e. The lowest BCUT2D eigenvalue weighted by Gasteiger charge is -2.07. The molecule has 0 saturated carbocycles. The Morgan fingerprint density at radius 2 is 2.03 bits per heavy atom. The molecule has 160 valence electrons. The third kappa shape index (κ3) is 6.36. The molecule has 3 aromatic heterocycles. The van der Waals surface area contributed by atoms with Crippen LogP contribution in [0.3, 0.4) is 0 Å². The summed E-state index contributed by atoms with van der Waals surface area (Å²) < 4.78 is 7.28. The highest BCUT2D eigenvalue weighted by Crippen LogP contribution is 2.16. The Morgan fingerprint density at radius 3 is 2.77 bits per heavy atom. The molecule has 0 radical (unpaired) electrons. The molecular formula is C21H27N5O3S. The van der Waals surface area contributed by atoms with Crippen LogP contribution < -0.4 is 16.4 Å². The first-order valence-electron chi connectivity index (χ1n) is 9.68. The Bertz CT molecular complexity index is 1090. The van der Waals surface area contributed by atoms with E-state index in [9.17, 15) is 9.59 Å². The van der Waals surface area contributed by atoms with Gasteiger partial charge in [0.2, 0.25) is 5.95 Å². The highest BCUT2D eigenvalue weighted by atomic mass is 32.2. The minimum absolute atomic E-state index is 0.101. The van der Waals surface area contributed by atoms with Crippen molar-refractivity contribution in [2.45, 2.75) is 18.7 Å². The fourth-order valence-electron chi connectivity index (χ4n) is 2.87. The van der Waals surface area contributed by atoms with Gasteiger partial charge in [-0.25, -0.2) is 4.98 Å². The number of nitrogens with zero attached hydrogens (tertiary/aromatic N) is 3. The van der Waals surface area contributed by atoms with E-state index in [4.69, 9.17) is 4.42 Å². The molecule has 0 aliphatic carbocycles. The van der Waals surface area contributed by atoms with Gasteiger partial charge in [-0.15, -0.1) is 0 Å². The number of anilines is 1. The predicted molar refractivity (Wildman–Crippen MR) is 120 cm³/mol. The average molecular weight is 430 g/mol. The third-order valence-corrected chi connectivity index (χ3v) is 5.39. The van der Waals surface area contributed by atoms with E-state index in [1.807, 2.05) is 32.3 Å². The number of pyridine rings is 1. The summed E-state index contributed by atoms with van der Waals surface area (Å²) in [6.07, 6.45) is 3.62. The van der Waals surface area contributed by atoms with Crippen molar-refractivity contribution in [2.75, 3.05) is 31.7 Å². The number of rotatable bonds is 10. The number of aryl methyl sites for hydroxylation is 1. The van der Waals surface area contributed by atoms with Gasteiger partial charge in [0.25, 0.3) is 11.1 Å². The summed E-state index contributed by atoms with van der Waals surface area (Å²) in [4.78, 5) is 33.1. The second-order valence-electron chi connectivity index (χ2n) is 7.33. The molecule has 9 heteroatoms. The van der Waals surface area contributed by atoms with E-state index in [1.54, 1.807) is 31.2 Å². The molecule has 0 unspecified atom stereocenters. The molecule has 0 bridgehead atoms. The van der Waals surface area contributed by atoms with Gasteiger partial charge >= 0.3 is 0 Å². The van der Waals surface area contributed by atoms with Crippen LogP contribution in [0, 0.1) is 0 Å². The van der Waals surface area contributed by atoms with Crippen molar-refractivity contribution < 1.29 is 4.42 Å². The molecule has 0 aliphatic heterocycles. The maximum absolute atomic E-state index is 12.3. The molecule has 3 aromatic rings. The molecule has 0 fully saturated rings. The van der Waals surface area contributed by atoms with Crippen LogP contribution in [-0.4, -0.2) is 45.8 Å². The second kappa shape index (κ2) is 10.3. The number of H-pyrrole nitrogens is 1. The zero-order valence-electron chi connectivity index (χ0n) is 17.5. The van der Waals surface area contributed by atoms with Crippen LogP contribution in [0.15, 0.2) is 50.7 Å². The van der Waals surface area contributed by atoms with Gasteiger partial charge in [0.05, 0.1) is 12.3 Å². The fourth-order valence-corrected chi connectivity index (χ4v) is 3.61. The molecule has 0 amide bonds. The first-order chi connectivity index (χ1) is 14.4. The Kier molecular flexibility index (Phi) is 7.53. The van der Waals surface area contributed by atoms with Crippen molar-refractivity contribution in [3.05, 3.63) is 80.0 Å². The maximum Gasteiger partial charge on any atom is 0.255 e. The first kappa shape index (κ1) is 21.9. The molecule has 30 heavy (non-hydrogen) atoms. The summed E-state index contributed by atoms with van der Waals surface area (Å²) in [5, 5.41) is 3.13. The van der Waals surface area contributed by atoms with Crippen molar-refractivity contribution >= 4 is 17.7 Å². The highest BCUT2D eigenvalue weighted by Gasteiger charge is 2.06.